The topological polar surface area (TPSA) is 74.4 Å². The Morgan fingerprint density at radius 1 is 1.50 bits per heavy atom. The van der Waals surface area contributed by atoms with Gasteiger partial charge in [-0.2, -0.15) is 0 Å². The highest BCUT2D eigenvalue weighted by Crippen LogP contribution is 2.22. The minimum atomic E-state index is -0.419. The maximum absolute atomic E-state index is 11.8. The number of rotatable bonds is 4. The highest BCUT2D eigenvalue weighted by Gasteiger charge is 2.10. The van der Waals surface area contributed by atoms with Crippen LogP contribution in [0.2, 0.25) is 0 Å². The van der Waals surface area contributed by atoms with Crippen LogP contribution >= 0.6 is 11.3 Å². The minimum absolute atomic E-state index is 0.218. The van der Waals surface area contributed by atoms with Gasteiger partial charge in [0.1, 0.15) is 12.4 Å². The number of benzene rings is 1. The molecular formula is C12H12N2O3S. The molecule has 0 aliphatic heterocycles. The second-order valence-corrected chi connectivity index (χ2v) is 4.47. The third kappa shape index (κ3) is 2.78. The summed E-state index contributed by atoms with van der Waals surface area (Å²) >= 11 is 1.44. The van der Waals surface area contributed by atoms with Gasteiger partial charge in [-0.05, 0) is 18.2 Å². The van der Waals surface area contributed by atoms with Gasteiger partial charge in [0.25, 0.3) is 0 Å². The summed E-state index contributed by atoms with van der Waals surface area (Å²) in [7, 11) is 1.52. The first-order valence-electron chi connectivity index (χ1n) is 5.18. The molecule has 0 fully saturated rings. The SMILES string of the molecule is COc1ccc(C(=O)OCc2cncs2)cc1N. The molecule has 2 rings (SSSR count). The summed E-state index contributed by atoms with van der Waals surface area (Å²) in [6.45, 7) is 0.218. The van der Waals surface area contributed by atoms with E-state index < -0.39 is 5.97 Å². The molecule has 1 aromatic carbocycles. The van der Waals surface area contributed by atoms with Crippen LogP contribution in [-0.4, -0.2) is 18.1 Å². The van der Waals surface area contributed by atoms with E-state index in [0.29, 0.717) is 17.0 Å². The number of ether oxygens (including phenoxy) is 2. The van der Waals surface area contributed by atoms with Crippen LogP contribution in [0, 0.1) is 0 Å². The van der Waals surface area contributed by atoms with E-state index in [1.807, 2.05) is 0 Å². The van der Waals surface area contributed by atoms with E-state index in [9.17, 15) is 4.79 Å². The van der Waals surface area contributed by atoms with Crippen molar-refractivity contribution in [2.45, 2.75) is 6.61 Å². The van der Waals surface area contributed by atoms with E-state index in [0.717, 1.165) is 4.88 Å². The lowest BCUT2D eigenvalue weighted by Gasteiger charge is -2.07. The molecule has 0 aliphatic carbocycles. The van der Waals surface area contributed by atoms with E-state index in [-0.39, 0.29) is 6.61 Å². The summed E-state index contributed by atoms with van der Waals surface area (Å²) in [4.78, 5) is 16.6. The summed E-state index contributed by atoms with van der Waals surface area (Å²) in [5.74, 6) is 0.117. The van der Waals surface area contributed by atoms with Gasteiger partial charge in [0.05, 0.1) is 28.7 Å². The van der Waals surface area contributed by atoms with Crippen molar-refractivity contribution in [3.05, 3.63) is 40.3 Å². The lowest BCUT2D eigenvalue weighted by atomic mass is 10.2. The average molecular weight is 264 g/mol. The molecule has 1 aromatic heterocycles. The van der Waals surface area contributed by atoms with Gasteiger partial charge in [-0.3, -0.25) is 4.98 Å². The van der Waals surface area contributed by atoms with Gasteiger partial charge < -0.3 is 15.2 Å². The fourth-order valence-electron chi connectivity index (χ4n) is 1.39. The molecule has 0 spiro atoms. The maximum atomic E-state index is 11.8. The van der Waals surface area contributed by atoms with Crippen molar-refractivity contribution in [3.8, 4) is 5.75 Å². The molecule has 0 aliphatic rings. The maximum Gasteiger partial charge on any atom is 0.338 e. The second kappa shape index (κ2) is 5.50. The summed E-state index contributed by atoms with van der Waals surface area (Å²) in [6.07, 6.45) is 1.67. The molecule has 1 heterocycles. The Labute approximate surface area is 108 Å². The molecule has 2 aromatic rings. The number of hydrogen-bond acceptors (Lipinski definition) is 6. The number of carbonyl (C=O) groups excluding carboxylic acids is 1. The molecular weight excluding hydrogens is 252 g/mol. The molecule has 5 nitrogen and oxygen atoms in total. The molecule has 0 atom stereocenters. The van der Waals surface area contributed by atoms with Gasteiger partial charge in [-0.25, -0.2) is 4.79 Å². The minimum Gasteiger partial charge on any atom is -0.495 e. The van der Waals surface area contributed by atoms with Gasteiger partial charge in [-0.1, -0.05) is 0 Å². The molecule has 0 radical (unpaired) electrons. The van der Waals surface area contributed by atoms with Crippen LogP contribution in [0.1, 0.15) is 15.2 Å². The molecule has 0 saturated carbocycles. The highest BCUT2D eigenvalue weighted by molar-refractivity contribution is 7.09. The number of esters is 1. The van der Waals surface area contributed by atoms with Crippen LogP contribution in [-0.2, 0) is 11.3 Å². The normalized spacial score (nSPS) is 10.1. The lowest BCUT2D eigenvalue weighted by Crippen LogP contribution is -2.05. The zero-order chi connectivity index (χ0) is 13.0. The van der Waals surface area contributed by atoms with Crippen molar-refractivity contribution >= 4 is 23.0 Å². The molecule has 94 valence electrons. The first-order valence-corrected chi connectivity index (χ1v) is 6.06. The van der Waals surface area contributed by atoms with Crippen molar-refractivity contribution in [2.75, 3.05) is 12.8 Å². The Hall–Kier alpha value is -2.08. The smallest absolute Gasteiger partial charge is 0.338 e. The third-order valence-electron chi connectivity index (χ3n) is 2.29. The molecule has 0 amide bonds. The summed E-state index contributed by atoms with van der Waals surface area (Å²) in [6, 6.07) is 4.79. The summed E-state index contributed by atoms with van der Waals surface area (Å²) in [5.41, 5.74) is 8.22. The molecule has 18 heavy (non-hydrogen) atoms. The Kier molecular flexibility index (Phi) is 3.78. The predicted molar refractivity (Wildman–Crippen MR) is 68.6 cm³/mol. The van der Waals surface area contributed by atoms with Gasteiger partial charge in [-0.15, -0.1) is 11.3 Å². The average Bonchev–Trinajstić information content (AvgIpc) is 2.89. The van der Waals surface area contributed by atoms with Crippen molar-refractivity contribution in [1.82, 2.24) is 4.98 Å². The van der Waals surface area contributed by atoms with Gasteiger partial charge in [0.15, 0.2) is 0 Å². The fourth-order valence-corrected chi connectivity index (χ4v) is 1.90. The number of methoxy groups -OCH3 is 1. The molecule has 2 N–H and O–H groups in total. The number of carbonyl (C=O) groups is 1. The summed E-state index contributed by atoms with van der Waals surface area (Å²) < 4.78 is 10.2. The molecule has 0 unspecified atom stereocenters. The van der Waals surface area contributed by atoms with Crippen molar-refractivity contribution in [1.29, 1.82) is 0 Å². The standard InChI is InChI=1S/C12H12N2O3S/c1-16-11-3-2-8(4-10(11)13)12(15)17-6-9-5-14-7-18-9/h2-5,7H,6,13H2,1H3. The van der Waals surface area contributed by atoms with Crippen LogP contribution < -0.4 is 10.5 Å². The van der Waals surface area contributed by atoms with Gasteiger partial charge in [0, 0.05) is 6.20 Å². The second-order valence-electron chi connectivity index (χ2n) is 3.50. The van der Waals surface area contributed by atoms with E-state index in [4.69, 9.17) is 15.2 Å². The fraction of sp³-hybridized carbons (Fsp3) is 0.167. The zero-order valence-electron chi connectivity index (χ0n) is 9.75. The number of aromatic nitrogens is 1. The van der Waals surface area contributed by atoms with Gasteiger partial charge >= 0.3 is 5.97 Å². The number of hydrogen-bond donors (Lipinski definition) is 1. The quantitative estimate of drug-likeness (QED) is 0.676. The van der Waals surface area contributed by atoms with Crippen LogP contribution in [0.3, 0.4) is 0 Å². The van der Waals surface area contributed by atoms with E-state index in [1.165, 1.54) is 24.5 Å². The number of nitrogens with zero attached hydrogens (tertiary/aromatic N) is 1. The lowest BCUT2D eigenvalue weighted by molar-refractivity contribution is 0.0476. The molecule has 0 bridgehead atoms. The Bertz CT molecular complexity index is 540. The number of anilines is 1. The van der Waals surface area contributed by atoms with Crippen LogP contribution in [0.15, 0.2) is 29.9 Å². The monoisotopic (exact) mass is 264 g/mol. The van der Waals surface area contributed by atoms with Crippen LogP contribution in [0.25, 0.3) is 0 Å². The predicted octanol–water partition coefficient (Wildman–Crippen LogP) is 2.09. The van der Waals surface area contributed by atoms with E-state index >= 15 is 0 Å². The summed E-state index contributed by atoms with van der Waals surface area (Å²) in [5, 5.41) is 0. The number of nitrogens with two attached hydrogens (primary N) is 1. The van der Waals surface area contributed by atoms with Gasteiger partial charge in [0.2, 0.25) is 0 Å². The van der Waals surface area contributed by atoms with Crippen LogP contribution in [0.5, 0.6) is 5.75 Å². The van der Waals surface area contributed by atoms with Crippen molar-refractivity contribution in [3.63, 3.8) is 0 Å². The van der Waals surface area contributed by atoms with Crippen molar-refractivity contribution in [2.24, 2.45) is 0 Å². The Morgan fingerprint density at radius 2 is 2.33 bits per heavy atom. The highest BCUT2D eigenvalue weighted by atomic mass is 32.1. The Balaban J connectivity index is 2.02. The molecule has 0 saturated heterocycles. The van der Waals surface area contributed by atoms with Crippen molar-refractivity contribution < 1.29 is 14.3 Å². The largest absolute Gasteiger partial charge is 0.495 e. The van der Waals surface area contributed by atoms with E-state index in [1.54, 1.807) is 23.8 Å². The van der Waals surface area contributed by atoms with Crippen LogP contribution in [0.4, 0.5) is 5.69 Å². The van der Waals surface area contributed by atoms with E-state index in [2.05, 4.69) is 4.98 Å². The Morgan fingerprint density at radius 3 is 2.94 bits per heavy atom. The number of thiazole rings is 1. The third-order valence-corrected chi connectivity index (χ3v) is 3.05. The first-order chi connectivity index (χ1) is 8.70. The molecule has 6 heteroatoms. The zero-order valence-corrected chi connectivity index (χ0v) is 10.6. The first kappa shape index (κ1) is 12.4. The number of nitrogen functional groups attached to an aromatic ring is 1.